The maximum absolute atomic E-state index is 9.00. The van der Waals surface area contributed by atoms with Crippen LogP contribution in [0.5, 0.6) is 5.75 Å². The molecule has 0 aliphatic rings. The van der Waals surface area contributed by atoms with Gasteiger partial charge in [0.05, 0.1) is 5.02 Å². The predicted octanol–water partition coefficient (Wildman–Crippen LogP) is 4.44. The first-order valence-corrected chi connectivity index (χ1v) is 6.02. The number of nitrogens with zero attached hydrogens (tertiary/aromatic N) is 1. The highest BCUT2D eigenvalue weighted by Gasteiger charge is 2.07. The van der Waals surface area contributed by atoms with Crippen LogP contribution in [-0.2, 0) is 6.61 Å². The molecule has 0 spiro atoms. The number of ether oxygens (including phenoxy) is 1. The zero-order valence-electron chi connectivity index (χ0n) is 9.36. The average Bonchev–Trinajstić information content (AvgIpc) is 2.38. The normalized spacial score (nSPS) is 9.83. The second-order valence-electron chi connectivity index (χ2n) is 3.64. The number of benzene rings is 2. The van der Waals surface area contributed by atoms with Crippen LogP contribution >= 0.6 is 23.2 Å². The average molecular weight is 278 g/mol. The summed E-state index contributed by atoms with van der Waals surface area (Å²) in [5, 5.41) is 10.1. The van der Waals surface area contributed by atoms with Crippen LogP contribution in [0.2, 0.25) is 10.0 Å². The van der Waals surface area contributed by atoms with Gasteiger partial charge in [-0.15, -0.1) is 0 Å². The molecule has 0 aromatic heterocycles. The zero-order valence-corrected chi connectivity index (χ0v) is 10.9. The van der Waals surface area contributed by atoms with Gasteiger partial charge in [-0.3, -0.25) is 0 Å². The minimum Gasteiger partial charge on any atom is -0.487 e. The van der Waals surface area contributed by atoms with Gasteiger partial charge >= 0.3 is 0 Å². The molecule has 0 heterocycles. The first kappa shape index (κ1) is 12.8. The molecule has 0 fully saturated rings. The van der Waals surface area contributed by atoms with Gasteiger partial charge in [0.25, 0.3) is 0 Å². The molecule has 0 aliphatic heterocycles. The molecular weight excluding hydrogens is 269 g/mol. The van der Waals surface area contributed by atoms with E-state index < -0.39 is 0 Å². The van der Waals surface area contributed by atoms with Gasteiger partial charge in [-0.25, -0.2) is 0 Å². The van der Waals surface area contributed by atoms with Crippen LogP contribution in [0.1, 0.15) is 11.1 Å². The molecule has 90 valence electrons. The van der Waals surface area contributed by atoms with E-state index in [1.807, 2.05) is 18.2 Å². The van der Waals surface area contributed by atoms with Crippen LogP contribution in [0.4, 0.5) is 0 Å². The molecule has 4 heteroatoms. The summed E-state index contributed by atoms with van der Waals surface area (Å²) in [5.41, 5.74) is 1.33. The molecule has 2 rings (SSSR count). The molecule has 0 atom stereocenters. The molecule has 0 bridgehead atoms. The van der Waals surface area contributed by atoms with E-state index in [0.717, 1.165) is 5.56 Å². The lowest BCUT2D eigenvalue weighted by Gasteiger charge is -2.08. The van der Waals surface area contributed by atoms with Crippen molar-refractivity contribution in [2.45, 2.75) is 6.61 Å². The van der Waals surface area contributed by atoms with Crippen LogP contribution < -0.4 is 4.74 Å². The van der Waals surface area contributed by atoms with Crippen LogP contribution in [0.15, 0.2) is 42.5 Å². The quantitative estimate of drug-likeness (QED) is 0.831. The number of halogens is 2. The van der Waals surface area contributed by atoms with Crippen molar-refractivity contribution in [3.05, 3.63) is 63.6 Å². The van der Waals surface area contributed by atoms with Crippen LogP contribution in [-0.4, -0.2) is 0 Å². The van der Waals surface area contributed by atoms with Gasteiger partial charge in [0.2, 0.25) is 0 Å². The lowest BCUT2D eigenvalue weighted by atomic mass is 10.2. The van der Waals surface area contributed by atoms with E-state index in [1.165, 1.54) is 0 Å². The fourth-order valence-electron chi connectivity index (χ4n) is 1.47. The Bertz CT molecular complexity index is 588. The van der Waals surface area contributed by atoms with Gasteiger partial charge in [0.1, 0.15) is 24.0 Å². The third kappa shape index (κ3) is 2.95. The Morgan fingerprint density at radius 2 is 1.78 bits per heavy atom. The van der Waals surface area contributed by atoms with Crippen molar-refractivity contribution in [3.63, 3.8) is 0 Å². The summed E-state index contributed by atoms with van der Waals surface area (Å²) in [4.78, 5) is 0. The highest BCUT2D eigenvalue weighted by molar-refractivity contribution is 6.32. The van der Waals surface area contributed by atoms with Crippen molar-refractivity contribution >= 4 is 23.2 Å². The van der Waals surface area contributed by atoms with E-state index in [2.05, 4.69) is 0 Å². The zero-order chi connectivity index (χ0) is 13.0. The highest BCUT2D eigenvalue weighted by Crippen LogP contribution is 2.26. The van der Waals surface area contributed by atoms with Crippen LogP contribution in [0, 0.1) is 11.3 Å². The van der Waals surface area contributed by atoms with E-state index in [0.29, 0.717) is 28.0 Å². The van der Waals surface area contributed by atoms with Gasteiger partial charge in [0.15, 0.2) is 0 Å². The molecule has 0 saturated heterocycles. The molecule has 0 amide bonds. The number of hydrogen-bond donors (Lipinski definition) is 0. The summed E-state index contributed by atoms with van der Waals surface area (Å²) in [6, 6.07) is 14.5. The molecule has 0 N–H and O–H groups in total. The van der Waals surface area contributed by atoms with E-state index in [-0.39, 0.29) is 0 Å². The topological polar surface area (TPSA) is 33.0 Å². The largest absolute Gasteiger partial charge is 0.487 e. The Balaban J connectivity index is 2.14. The molecule has 2 aromatic rings. The monoisotopic (exact) mass is 277 g/mol. The minimum atomic E-state index is 0.355. The molecule has 0 unspecified atom stereocenters. The summed E-state index contributed by atoms with van der Waals surface area (Å²) in [7, 11) is 0. The molecule has 2 nitrogen and oxygen atoms in total. The summed E-state index contributed by atoms with van der Waals surface area (Å²) < 4.78 is 5.58. The van der Waals surface area contributed by atoms with Gasteiger partial charge in [-0.2, -0.15) is 5.26 Å². The lowest BCUT2D eigenvalue weighted by molar-refractivity contribution is 0.305. The minimum absolute atomic E-state index is 0.355. The van der Waals surface area contributed by atoms with Crippen molar-refractivity contribution in [2.24, 2.45) is 0 Å². The second kappa shape index (κ2) is 5.77. The van der Waals surface area contributed by atoms with Gasteiger partial charge in [-0.1, -0.05) is 41.4 Å². The third-order valence-corrected chi connectivity index (χ3v) is 2.96. The number of hydrogen-bond acceptors (Lipinski definition) is 2. The fourth-order valence-corrected chi connectivity index (χ4v) is 1.81. The summed E-state index contributed by atoms with van der Waals surface area (Å²) in [6.45, 7) is 0.367. The molecule has 2 aromatic carbocycles. The van der Waals surface area contributed by atoms with E-state index >= 15 is 0 Å². The predicted molar refractivity (Wildman–Crippen MR) is 72.0 cm³/mol. The first-order chi connectivity index (χ1) is 8.70. The Morgan fingerprint density at radius 3 is 2.44 bits per heavy atom. The Morgan fingerprint density at radius 1 is 1.06 bits per heavy atom. The second-order valence-corrected chi connectivity index (χ2v) is 4.48. The van der Waals surface area contributed by atoms with Crippen LogP contribution in [0.25, 0.3) is 0 Å². The van der Waals surface area contributed by atoms with Crippen molar-refractivity contribution < 1.29 is 4.74 Å². The van der Waals surface area contributed by atoms with Crippen LogP contribution in [0.3, 0.4) is 0 Å². The highest BCUT2D eigenvalue weighted by atomic mass is 35.5. The Labute approximate surface area is 115 Å². The number of rotatable bonds is 3. The van der Waals surface area contributed by atoms with Gasteiger partial charge < -0.3 is 4.74 Å². The van der Waals surface area contributed by atoms with Gasteiger partial charge in [-0.05, 0) is 29.8 Å². The Hall–Kier alpha value is -1.69. The van der Waals surface area contributed by atoms with E-state index in [1.54, 1.807) is 30.3 Å². The SMILES string of the molecule is N#Cc1c(Cl)cccc1OCc1ccc(Cl)cc1. The van der Waals surface area contributed by atoms with Crippen molar-refractivity contribution in [1.82, 2.24) is 0 Å². The molecule has 0 aliphatic carbocycles. The molecular formula is C14H9Cl2NO. The van der Waals surface area contributed by atoms with E-state index in [4.69, 9.17) is 33.2 Å². The molecule has 0 radical (unpaired) electrons. The smallest absolute Gasteiger partial charge is 0.139 e. The number of nitriles is 1. The summed E-state index contributed by atoms with van der Waals surface area (Å²) in [6.07, 6.45) is 0. The first-order valence-electron chi connectivity index (χ1n) is 5.26. The molecule has 18 heavy (non-hydrogen) atoms. The summed E-state index contributed by atoms with van der Waals surface area (Å²) >= 11 is 11.7. The van der Waals surface area contributed by atoms with Crippen molar-refractivity contribution in [2.75, 3.05) is 0 Å². The molecule has 0 saturated carbocycles. The Kier molecular flexibility index (Phi) is 4.09. The van der Waals surface area contributed by atoms with Gasteiger partial charge in [0, 0.05) is 5.02 Å². The van der Waals surface area contributed by atoms with Crippen molar-refractivity contribution in [3.8, 4) is 11.8 Å². The standard InChI is InChI=1S/C14H9Cl2NO/c15-11-6-4-10(5-7-11)9-18-14-3-1-2-13(16)12(14)8-17/h1-7H,9H2. The summed E-state index contributed by atoms with van der Waals surface area (Å²) in [5.74, 6) is 0.486. The van der Waals surface area contributed by atoms with Crippen molar-refractivity contribution in [1.29, 1.82) is 5.26 Å². The van der Waals surface area contributed by atoms with E-state index in [9.17, 15) is 0 Å². The maximum Gasteiger partial charge on any atom is 0.139 e. The third-order valence-electron chi connectivity index (χ3n) is 2.39. The lowest BCUT2D eigenvalue weighted by Crippen LogP contribution is -1.97. The fraction of sp³-hybridized carbons (Fsp3) is 0.0714. The maximum atomic E-state index is 9.00.